The van der Waals surface area contributed by atoms with Crippen LogP contribution in [0.5, 0.6) is 0 Å². The molecule has 1 saturated heterocycles. The minimum atomic E-state index is 0.123. The third-order valence-corrected chi connectivity index (χ3v) is 5.58. The van der Waals surface area contributed by atoms with Crippen molar-refractivity contribution in [2.75, 3.05) is 26.7 Å². The van der Waals surface area contributed by atoms with Crippen LogP contribution in [0.15, 0.2) is 66.2 Å². The lowest BCUT2D eigenvalue weighted by Crippen LogP contribution is -2.51. The van der Waals surface area contributed by atoms with E-state index in [1.165, 1.54) is 6.33 Å². The molecule has 2 aliphatic rings. The molecule has 1 aromatic carbocycles. The molecule has 1 aromatic heterocycles. The number of guanidine groups is 1. The maximum atomic E-state index is 6.30. The van der Waals surface area contributed by atoms with E-state index in [2.05, 4.69) is 27.5 Å². The summed E-state index contributed by atoms with van der Waals surface area (Å²) in [5, 5.41) is 0.812. The number of benzene rings is 1. The molecule has 1 atom stereocenters. The first kappa shape index (κ1) is 19.6. The fourth-order valence-electron chi connectivity index (χ4n) is 3.55. The average molecular weight is 410 g/mol. The Morgan fingerprint density at radius 3 is 2.93 bits per heavy atom. The van der Waals surface area contributed by atoms with E-state index in [9.17, 15) is 0 Å². The lowest BCUT2D eigenvalue weighted by molar-refractivity contribution is -0.0121. The number of ether oxygens (including phenoxy) is 1. The van der Waals surface area contributed by atoms with Crippen LogP contribution >= 0.6 is 11.6 Å². The number of aliphatic imine (C=N–C) groups is 1. The lowest BCUT2D eigenvalue weighted by atomic mass is 10.1. The van der Waals surface area contributed by atoms with Crippen molar-refractivity contribution in [3.63, 3.8) is 0 Å². The molecule has 7 heteroatoms. The van der Waals surface area contributed by atoms with Gasteiger partial charge in [-0.2, -0.15) is 0 Å². The fourth-order valence-corrected chi connectivity index (χ4v) is 3.78. The maximum absolute atomic E-state index is 6.30. The first-order valence-electron chi connectivity index (χ1n) is 9.71. The molecule has 6 nitrogen and oxygen atoms in total. The molecule has 0 spiro atoms. The van der Waals surface area contributed by atoms with Gasteiger partial charge in [0.25, 0.3) is 0 Å². The van der Waals surface area contributed by atoms with Crippen LogP contribution < -0.4 is 0 Å². The Balaban J connectivity index is 1.48. The van der Waals surface area contributed by atoms with E-state index in [1.807, 2.05) is 42.3 Å². The summed E-state index contributed by atoms with van der Waals surface area (Å²) in [5.74, 6) is 0.872. The molecular weight excluding hydrogens is 386 g/mol. The van der Waals surface area contributed by atoms with E-state index in [0.717, 1.165) is 59.6 Å². The Labute approximate surface area is 176 Å². The van der Waals surface area contributed by atoms with E-state index < -0.39 is 0 Å². The van der Waals surface area contributed by atoms with Crippen LogP contribution in [-0.2, 0) is 11.2 Å². The van der Waals surface area contributed by atoms with Gasteiger partial charge in [0.05, 0.1) is 24.1 Å². The van der Waals surface area contributed by atoms with Gasteiger partial charge in [-0.05, 0) is 36.6 Å². The molecule has 3 heterocycles. The Morgan fingerprint density at radius 1 is 1.28 bits per heavy atom. The van der Waals surface area contributed by atoms with Crippen molar-refractivity contribution in [2.45, 2.75) is 18.9 Å². The predicted molar refractivity (Wildman–Crippen MR) is 115 cm³/mol. The van der Waals surface area contributed by atoms with E-state index in [0.29, 0.717) is 6.61 Å². The van der Waals surface area contributed by atoms with Crippen molar-refractivity contribution in [2.24, 2.45) is 4.99 Å². The van der Waals surface area contributed by atoms with Crippen LogP contribution in [0.2, 0.25) is 5.02 Å². The third kappa shape index (κ3) is 4.49. The van der Waals surface area contributed by atoms with Crippen molar-refractivity contribution in [3.8, 4) is 0 Å². The topological polar surface area (TPSA) is 53.9 Å². The predicted octanol–water partition coefficient (Wildman–Crippen LogP) is 3.62. The fraction of sp³-hybridized carbons (Fsp3) is 0.318. The normalized spacial score (nSPS) is 19.8. The summed E-state index contributed by atoms with van der Waals surface area (Å²) >= 11 is 6.30. The number of rotatable bonds is 4. The molecule has 0 aliphatic carbocycles. The standard InChI is InChI=1S/C22H24ClN5O/c1-16-13-21(20-9-10-24-15-25-20)26-22(27(16)2)28-11-12-29-18(14-28)8-7-17-5-3-4-6-19(17)23/h3-6,9-10,13,15,18H,1,7-8,11-12,14H2,2H3. The first-order chi connectivity index (χ1) is 14.1. The summed E-state index contributed by atoms with van der Waals surface area (Å²) in [6.07, 6.45) is 7.12. The minimum Gasteiger partial charge on any atom is -0.375 e. The second kappa shape index (κ2) is 8.76. The molecule has 2 aromatic rings. The lowest BCUT2D eigenvalue weighted by Gasteiger charge is -2.39. The summed E-state index contributed by atoms with van der Waals surface area (Å²) in [6.45, 7) is 6.40. The molecule has 0 N–H and O–H groups in total. The number of aromatic nitrogens is 2. The summed E-state index contributed by atoms with van der Waals surface area (Å²) in [4.78, 5) is 17.5. The Hall–Kier alpha value is -2.70. The van der Waals surface area contributed by atoms with Crippen molar-refractivity contribution >= 4 is 23.3 Å². The molecule has 4 rings (SSSR count). The minimum absolute atomic E-state index is 0.123. The summed E-state index contributed by atoms with van der Waals surface area (Å²) in [6, 6.07) is 9.84. The number of nitrogens with zero attached hydrogens (tertiary/aromatic N) is 5. The van der Waals surface area contributed by atoms with Gasteiger partial charge in [-0.15, -0.1) is 0 Å². The number of morpholine rings is 1. The van der Waals surface area contributed by atoms with Gasteiger partial charge >= 0.3 is 0 Å². The van der Waals surface area contributed by atoms with Crippen molar-refractivity contribution in [1.29, 1.82) is 0 Å². The van der Waals surface area contributed by atoms with E-state index in [-0.39, 0.29) is 6.10 Å². The Kier molecular flexibility index (Phi) is 5.92. The molecule has 0 saturated carbocycles. The highest BCUT2D eigenvalue weighted by atomic mass is 35.5. The van der Waals surface area contributed by atoms with Gasteiger partial charge in [-0.3, -0.25) is 0 Å². The van der Waals surface area contributed by atoms with Crippen LogP contribution in [0.1, 0.15) is 17.7 Å². The van der Waals surface area contributed by atoms with Gasteiger partial charge in [0.1, 0.15) is 6.33 Å². The van der Waals surface area contributed by atoms with E-state index in [1.54, 1.807) is 6.20 Å². The summed E-state index contributed by atoms with van der Waals surface area (Å²) in [7, 11) is 1.99. The molecule has 0 amide bonds. The second-order valence-electron chi connectivity index (χ2n) is 7.16. The number of halogens is 1. The zero-order chi connectivity index (χ0) is 20.2. The Morgan fingerprint density at radius 2 is 2.14 bits per heavy atom. The molecule has 0 bridgehead atoms. The second-order valence-corrected chi connectivity index (χ2v) is 7.56. The SMILES string of the molecule is C=C1C=C(c2ccncn2)N=C(N2CCOC(CCc3ccccc3Cl)C2)N1C. The Bertz CT molecular complexity index is 943. The van der Waals surface area contributed by atoms with Gasteiger partial charge in [-0.25, -0.2) is 15.0 Å². The van der Waals surface area contributed by atoms with Crippen LogP contribution in [0, 0.1) is 0 Å². The van der Waals surface area contributed by atoms with E-state index in [4.69, 9.17) is 21.3 Å². The van der Waals surface area contributed by atoms with Gasteiger partial charge in [0, 0.05) is 37.1 Å². The number of aryl methyl sites for hydroxylation is 1. The monoisotopic (exact) mass is 409 g/mol. The number of likely N-dealkylation sites (N-methyl/N-ethyl adjacent to an activating group) is 1. The van der Waals surface area contributed by atoms with Gasteiger partial charge in [0.15, 0.2) is 0 Å². The van der Waals surface area contributed by atoms with Crippen molar-refractivity contribution < 1.29 is 4.74 Å². The first-order valence-corrected chi connectivity index (χ1v) is 10.1. The molecule has 150 valence electrons. The highest BCUT2D eigenvalue weighted by Gasteiger charge is 2.28. The summed E-state index contributed by atoms with van der Waals surface area (Å²) in [5.41, 5.74) is 3.62. The van der Waals surface area contributed by atoms with E-state index >= 15 is 0 Å². The third-order valence-electron chi connectivity index (χ3n) is 5.21. The quantitative estimate of drug-likeness (QED) is 0.772. The maximum Gasteiger partial charge on any atom is 0.206 e. The van der Waals surface area contributed by atoms with Crippen molar-refractivity contribution in [3.05, 3.63) is 77.5 Å². The van der Waals surface area contributed by atoms with Crippen LogP contribution in [0.3, 0.4) is 0 Å². The largest absolute Gasteiger partial charge is 0.375 e. The van der Waals surface area contributed by atoms with Gasteiger partial charge in [0.2, 0.25) is 5.96 Å². The zero-order valence-electron chi connectivity index (χ0n) is 16.5. The zero-order valence-corrected chi connectivity index (χ0v) is 17.2. The van der Waals surface area contributed by atoms with Gasteiger partial charge < -0.3 is 14.5 Å². The van der Waals surface area contributed by atoms with Crippen LogP contribution in [0.4, 0.5) is 0 Å². The van der Waals surface area contributed by atoms with Crippen LogP contribution in [-0.4, -0.2) is 58.6 Å². The molecule has 1 unspecified atom stereocenters. The van der Waals surface area contributed by atoms with Gasteiger partial charge in [-0.1, -0.05) is 36.4 Å². The average Bonchev–Trinajstić information content (AvgIpc) is 2.76. The summed E-state index contributed by atoms with van der Waals surface area (Å²) < 4.78 is 6.02. The van der Waals surface area contributed by atoms with Crippen molar-refractivity contribution in [1.82, 2.24) is 19.8 Å². The number of allylic oxidation sites excluding steroid dienone is 1. The number of hydrogen-bond acceptors (Lipinski definition) is 6. The highest BCUT2D eigenvalue weighted by Crippen LogP contribution is 2.25. The molecule has 1 fully saturated rings. The smallest absolute Gasteiger partial charge is 0.206 e. The number of hydrogen-bond donors (Lipinski definition) is 0. The molecule has 0 radical (unpaired) electrons. The van der Waals surface area contributed by atoms with Crippen LogP contribution in [0.25, 0.3) is 5.70 Å². The molecule has 29 heavy (non-hydrogen) atoms. The highest BCUT2D eigenvalue weighted by molar-refractivity contribution is 6.31. The molecular formula is C22H24ClN5O. The molecule has 2 aliphatic heterocycles.